The summed E-state index contributed by atoms with van der Waals surface area (Å²) in [5.74, 6) is 0. The van der Waals surface area contributed by atoms with Crippen LogP contribution in [0.4, 0.5) is 0 Å². The molecule has 0 aliphatic carbocycles. The predicted octanol–water partition coefficient (Wildman–Crippen LogP) is 0.00360. The molecule has 0 aliphatic rings. The Labute approximate surface area is 167 Å². The zero-order valence-corrected chi connectivity index (χ0v) is 17.2. The van der Waals surface area contributed by atoms with Crippen LogP contribution < -0.4 is 17.3 Å². The van der Waals surface area contributed by atoms with Crippen LogP contribution in [-0.2, 0) is 6.42 Å². The third kappa shape index (κ3) is 14.5. The van der Waals surface area contributed by atoms with E-state index < -0.39 is 0 Å². The number of nitrogens with one attached hydrogen (secondary N) is 1. The first kappa shape index (κ1) is 25.4. The lowest BCUT2D eigenvalue weighted by atomic mass is 10.0. The van der Waals surface area contributed by atoms with Gasteiger partial charge in [-0.05, 0) is 31.2 Å². The van der Waals surface area contributed by atoms with Crippen LogP contribution in [0.5, 0.6) is 0 Å². The van der Waals surface area contributed by atoms with E-state index in [-0.39, 0.29) is 25.6 Å². The van der Waals surface area contributed by atoms with Crippen molar-refractivity contribution < 1.29 is 27.5 Å². The molecule has 0 amide bonds. The van der Waals surface area contributed by atoms with Gasteiger partial charge in [0.25, 0.3) is 0 Å². The summed E-state index contributed by atoms with van der Waals surface area (Å²) in [6.07, 6.45) is 14.7. The second kappa shape index (κ2) is 19.2. The van der Waals surface area contributed by atoms with Crippen molar-refractivity contribution in [2.24, 2.45) is 0 Å². The largest absolute Gasteiger partial charge is 1.00 e. The Morgan fingerprint density at radius 3 is 1.54 bits per heavy atom. The molecule has 0 heterocycles. The summed E-state index contributed by atoms with van der Waals surface area (Å²) in [6.45, 7) is 3.07. The Kier molecular flexibility index (Phi) is 18.7. The second-order valence-electron chi connectivity index (χ2n) is 7.22. The lowest BCUT2D eigenvalue weighted by Gasteiger charge is -2.17. The van der Waals surface area contributed by atoms with Crippen LogP contribution in [0.3, 0.4) is 0 Å². The molecule has 3 N–H and O–H groups in total. The number of unbranched alkanes of at least 4 members (excludes halogenated alkanes) is 9. The third-order valence-corrected chi connectivity index (χ3v) is 5.02. The molecule has 0 saturated heterocycles. The van der Waals surface area contributed by atoms with Gasteiger partial charge in [0.1, 0.15) is 13.1 Å². The number of quaternary nitrogens is 1. The maximum atomic E-state index is 9.00. The first-order valence-electron chi connectivity index (χ1n) is 10.5. The fourth-order valence-electron chi connectivity index (χ4n) is 3.45. The van der Waals surface area contributed by atoms with E-state index in [9.17, 15) is 0 Å². The minimum atomic E-state index is 0. The van der Waals surface area contributed by atoms with Crippen molar-refractivity contribution in [1.29, 1.82) is 0 Å². The standard InChI is InChI=1S/C22H39NO2.ClH/c24-20-18-23(19-21-25)17-13-8-6-4-2-1-3-5-7-10-14-22-15-11-9-12-16-22;/h9,11-12,15-16,24-25H,1-8,10,13-14,17-21H2;1H. The monoisotopic (exact) mass is 385 g/mol. The van der Waals surface area contributed by atoms with E-state index in [1.54, 1.807) is 0 Å². The summed E-state index contributed by atoms with van der Waals surface area (Å²) < 4.78 is 0. The average molecular weight is 386 g/mol. The van der Waals surface area contributed by atoms with Gasteiger partial charge in [-0.3, -0.25) is 0 Å². The molecule has 1 aromatic carbocycles. The van der Waals surface area contributed by atoms with Crippen LogP contribution in [0.2, 0.25) is 0 Å². The molecule has 1 rings (SSSR count). The van der Waals surface area contributed by atoms with E-state index in [0.29, 0.717) is 0 Å². The number of halogens is 1. The summed E-state index contributed by atoms with van der Waals surface area (Å²) in [7, 11) is 0. The molecule has 4 heteroatoms. The van der Waals surface area contributed by atoms with Gasteiger partial charge in [0.15, 0.2) is 0 Å². The predicted molar refractivity (Wildman–Crippen MR) is 106 cm³/mol. The molecule has 3 nitrogen and oxygen atoms in total. The van der Waals surface area contributed by atoms with E-state index >= 15 is 0 Å². The van der Waals surface area contributed by atoms with Crippen molar-refractivity contribution in [2.75, 3.05) is 32.8 Å². The number of aliphatic hydroxyl groups is 2. The van der Waals surface area contributed by atoms with Gasteiger partial charge >= 0.3 is 0 Å². The number of hydrogen-bond acceptors (Lipinski definition) is 2. The fraction of sp³-hybridized carbons (Fsp3) is 0.727. The van der Waals surface area contributed by atoms with Crippen molar-refractivity contribution in [3.8, 4) is 0 Å². The Balaban J connectivity index is 0.00000625. The maximum Gasteiger partial charge on any atom is 0.101 e. The highest BCUT2D eigenvalue weighted by atomic mass is 35.5. The average Bonchev–Trinajstić information content (AvgIpc) is 2.64. The van der Waals surface area contributed by atoms with E-state index in [1.165, 1.54) is 81.1 Å². The fourth-order valence-corrected chi connectivity index (χ4v) is 3.45. The lowest BCUT2D eigenvalue weighted by Crippen LogP contribution is -3.13. The van der Waals surface area contributed by atoms with E-state index in [4.69, 9.17) is 10.2 Å². The number of aliphatic hydroxyl groups excluding tert-OH is 2. The molecular weight excluding hydrogens is 346 g/mol. The second-order valence-corrected chi connectivity index (χ2v) is 7.22. The van der Waals surface area contributed by atoms with Crippen LogP contribution in [0.25, 0.3) is 0 Å². The van der Waals surface area contributed by atoms with Crippen molar-refractivity contribution in [3.05, 3.63) is 35.9 Å². The molecule has 0 radical (unpaired) electrons. The minimum Gasteiger partial charge on any atom is -1.00 e. The number of rotatable bonds is 17. The molecule has 0 bridgehead atoms. The van der Waals surface area contributed by atoms with Crippen LogP contribution in [0.15, 0.2) is 30.3 Å². The Morgan fingerprint density at radius 1 is 0.577 bits per heavy atom. The SMILES string of the molecule is OCC[NH+](CCO)CCCCCCCCCCCCc1ccccc1.[Cl-]. The third-order valence-electron chi connectivity index (χ3n) is 5.02. The van der Waals surface area contributed by atoms with Crippen molar-refractivity contribution >= 4 is 0 Å². The summed E-state index contributed by atoms with van der Waals surface area (Å²) >= 11 is 0. The normalized spacial score (nSPS) is 10.9. The Morgan fingerprint density at radius 2 is 1.04 bits per heavy atom. The van der Waals surface area contributed by atoms with Gasteiger partial charge in [-0.2, -0.15) is 0 Å². The van der Waals surface area contributed by atoms with Crippen molar-refractivity contribution in [1.82, 2.24) is 0 Å². The zero-order chi connectivity index (χ0) is 18.0. The molecule has 0 spiro atoms. The van der Waals surface area contributed by atoms with Gasteiger partial charge in [-0.15, -0.1) is 0 Å². The lowest BCUT2D eigenvalue weighted by molar-refractivity contribution is -0.901. The van der Waals surface area contributed by atoms with Crippen LogP contribution in [0.1, 0.15) is 69.8 Å². The first-order chi connectivity index (χ1) is 12.4. The molecule has 0 aliphatic heterocycles. The molecule has 26 heavy (non-hydrogen) atoms. The van der Waals surface area contributed by atoms with E-state index in [1.807, 2.05) is 0 Å². The van der Waals surface area contributed by atoms with Gasteiger partial charge in [0.05, 0.1) is 19.8 Å². The highest BCUT2D eigenvalue weighted by molar-refractivity contribution is 5.14. The minimum absolute atomic E-state index is 0. The molecule has 0 saturated carbocycles. The number of aryl methyl sites for hydroxylation is 1. The molecular formula is C22H40ClNO2. The topological polar surface area (TPSA) is 44.9 Å². The zero-order valence-electron chi connectivity index (χ0n) is 16.5. The van der Waals surface area contributed by atoms with Crippen molar-refractivity contribution in [2.45, 2.75) is 70.6 Å². The number of hydrogen-bond donors (Lipinski definition) is 3. The highest BCUT2D eigenvalue weighted by Gasteiger charge is 2.05. The van der Waals surface area contributed by atoms with Crippen LogP contribution in [-0.4, -0.2) is 43.1 Å². The summed E-state index contributed by atoms with van der Waals surface area (Å²) in [4.78, 5) is 1.33. The number of benzene rings is 1. The molecule has 0 aromatic heterocycles. The first-order valence-corrected chi connectivity index (χ1v) is 10.5. The molecule has 1 aromatic rings. The van der Waals surface area contributed by atoms with E-state index in [2.05, 4.69) is 30.3 Å². The van der Waals surface area contributed by atoms with Gasteiger partial charge in [-0.25, -0.2) is 0 Å². The van der Waals surface area contributed by atoms with Crippen LogP contribution >= 0.6 is 0 Å². The summed E-state index contributed by atoms with van der Waals surface area (Å²) in [6, 6.07) is 10.8. The van der Waals surface area contributed by atoms with E-state index in [0.717, 1.165) is 19.6 Å². The Hall–Kier alpha value is -0.610. The summed E-state index contributed by atoms with van der Waals surface area (Å²) in [5.41, 5.74) is 1.47. The van der Waals surface area contributed by atoms with Crippen LogP contribution in [0, 0.1) is 0 Å². The van der Waals surface area contributed by atoms with Gasteiger partial charge in [0.2, 0.25) is 0 Å². The quantitative estimate of drug-likeness (QED) is 0.331. The molecule has 0 fully saturated rings. The highest BCUT2D eigenvalue weighted by Crippen LogP contribution is 2.12. The van der Waals surface area contributed by atoms with Gasteiger partial charge < -0.3 is 27.5 Å². The molecule has 0 unspecified atom stereocenters. The smallest absolute Gasteiger partial charge is 0.101 e. The molecule has 0 atom stereocenters. The molecule has 152 valence electrons. The van der Waals surface area contributed by atoms with Gasteiger partial charge in [0, 0.05) is 0 Å². The van der Waals surface area contributed by atoms with Crippen molar-refractivity contribution in [3.63, 3.8) is 0 Å². The van der Waals surface area contributed by atoms with Gasteiger partial charge in [-0.1, -0.05) is 75.3 Å². The Bertz CT molecular complexity index is 383. The maximum absolute atomic E-state index is 9.00. The summed E-state index contributed by atoms with van der Waals surface area (Å²) in [5, 5.41) is 18.0.